The molecule has 11 heteroatoms. The van der Waals surface area contributed by atoms with Gasteiger partial charge in [0.25, 0.3) is 0 Å². The monoisotopic (exact) mass is 801 g/mol. The van der Waals surface area contributed by atoms with Crippen molar-refractivity contribution in [2.75, 3.05) is 26.4 Å². The van der Waals surface area contributed by atoms with Crippen LogP contribution in [0.15, 0.2) is 36.5 Å². The Bertz CT molecular complexity index is 1010. The lowest BCUT2D eigenvalue weighted by molar-refractivity contribution is -0.161. The summed E-state index contributed by atoms with van der Waals surface area (Å²) in [6.07, 6.45) is 41.0. The molecule has 0 spiro atoms. The van der Waals surface area contributed by atoms with Crippen molar-refractivity contribution < 1.29 is 47.8 Å². The van der Waals surface area contributed by atoms with Crippen LogP contribution in [0.2, 0.25) is 0 Å². The second kappa shape index (κ2) is 40.4. The SMILES string of the molecule is CCCC/C=C/CCCCCCCCCCCC(=O)O[C@H](COC(=O)CCCCCCCCC/C=C/C/C=C/CCCCC)COP(=O)(O)OC[C@@H](O)CO. The summed E-state index contributed by atoms with van der Waals surface area (Å²) in [5.41, 5.74) is 0. The number of ether oxygens (including phenoxy) is 2. The number of phosphoric acid groups is 1. The molecule has 3 atom stereocenters. The van der Waals surface area contributed by atoms with Crippen molar-refractivity contribution >= 4 is 19.8 Å². The molecule has 0 saturated heterocycles. The Balaban J connectivity index is 4.29. The summed E-state index contributed by atoms with van der Waals surface area (Å²) in [5.74, 6) is -0.934. The molecule has 0 rings (SSSR count). The normalized spacial score (nSPS) is 14.2. The second-order valence-electron chi connectivity index (χ2n) is 14.7. The predicted octanol–water partition coefficient (Wildman–Crippen LogP) is 11.6. The minimum Gasteiger partial charge on any atom is -0.462 e. The van der Waals surface area contributed by atoms with E-state index in [1.54, 1.807) is 0 Å². The Morgan fingerprint density at radius 3 is 1.47 bits per heavy atom. The maximum Gasteiger partial charge on any atom is 0.472 e. The third-order valence-electron chi connectivity index (χ3n) is 9.27. The van der Waals surface area contributed by atoms with Crippen molar-refractivity contribution in [3.05, 3.63) is 36.5 Å². The van der Waals surface area contributed by atoms with E-state index in [0.29, 0.717) is 12.8 Å². The molecule has 55 heavy (non-hydrogen) atoms. The van der Waals surface area contributed by atoms with Crippen molar-refractivity contribution in [2.24, 2.45) is 0 Å². The highest BCUT2D eigenvalue weighted by molar-refractivity contribution is 7.47. The van der Waals surface area contributed by atoms with Crippen LogP contribution < -0.4 is 0 Å². The number of aliphatic hydroxyl groups is 2. The molecule has 0 fully saturated rings. The van der Waals surface area contributed by atoms with E-state index in [0.717, 1.165) is 51.4 Å². The minimum atomic E-state index is -4.62. The zero-order valence-electron chi connectivity index (χ0n) is 34.9. The molecule has 322 valence electrons. The van der Waals surface area contributed by atoms with Gasteiger partial charge >= 0.3 is 19.8 Å². The fraction of sp³-hybridized carbons (Fsp3) is 0.818. The van der Waals surface area contributed by atoms with Gasteiger partial charge in [0.05, 0.1) is 19.8 Å². The van der Waals surface area contributed by atoms with Crippen molar-refractivity contribution in [1.82, 2.24) is 0 Å². The molecule has 0 aromatic rings. The largest absolute Gasteiger partial charge is 0.472 e. The van der Waals surface area contributed by atoms with Crippen LogP contribution in [0.25, 0.3) is 0 Å². The number of hydrogen-bond acceptors (Lipinski definition) is 9. The molecular formula is C44H81O10P. The third-order valence-corrected chi connectivity index (χ3v) is 10.2. The fourth-order valence-corrected chi connectivity index (χ4v) is 6.62. The third kappa shape index (κ3) is 40.2. The number of carbonyl (C=O) groups excluding carboxylic acids is 2. The van der Waals surface area contributed by atoms with Crippen molar-refractivity contribution in [2.45, 2.75) is 206 Å². The number of rotatable bonds is 41. The molecule has 0 aliphatic carbocycles. The van der Waals surface area contributed by atoms with E-state index in [1.807, 2.05) is 0 Å². The van der Waals surface area contributed by atoms with E-state index in [-0.39, 0.29) is 19.4 Å². The number of phosphoric ester groups is 1. The number of unbranched alkanes of at least 4 members (excludes halogenated alkanes) is 21. The Kier molecular flexibility index (Phi) is 39.1. The van der Waals surface area contributed by atoms with Crippen LogP contribution in [0.3, 0.4) is 0 Å². The molecule has 3 N–H and O–H groups in total. The van der Waals surface area contributed by atoms with Crippen LogP contribution in [0.1, 0.15) is 194 Å². The molecule has 0 amide bonds. The van der Waals surface area contributed by atoms with E-state index < -0.39 is 51.8 Å². The fourth-order valence-electron chi connectivity index (χ4n) is 5.83. The van der Waals surface area contributed by atoms with Gasteiger partial charge < -0.3 is 24.6 Å². The first kappa shape index (κ1) is 53.2. The molecule has 0 aromatic carbocycles. The van der Waals surface area contributed by atoms with Gasteiger partial charge in [-0.05, 0) is 64.2 Å². The Morgan fingerprint density at radius 2 is 0.964 bits per heavy atom. The average Bonchev–Trinajstić information content (AvgIpc) is 3.17. The first-order valence-corrected chi connectivity index (χ1v) is 23.4. The summed E-state index contributed by atoms with van der Waals surface area (Å²) < 4.78 is 32.7. The average molecular weight is 801 g/mol. The van der Waals surface area contributed by atoms with Gasteiger partial charge in [0.1, 0.15) is 12.7 Å². The Hall–Kier alpha value is -1.81. The Labute approximate surface area is 335 Å². The first-order valence-electron chi connectivity index (χ1n) is 21.9. The lowest BCUT2D eigenvalue weighted by Gasteiger charge is -2.20. The molecule has 0 aromatic heterocycles. The summed E-state index contributed by atoms with van der Waals surface area (Å²) in [5, 5.41) is 18.3. The predicted molar refractivity (Wildman–Crippen MR) is 224 cm³/mol. The number of allylic oxidation sites excluding steroid dienone is 6. The highest BCUT2D eigenvalue weighted by Gasteiger charge is 2.27. The second-order valence-corrected chi connectivity index (χ2v) is 16.2. The lowest BCUT2D eigenvalue weighted by Crippen LogP contribution is -2.29. The van der Waals surface area contributed by atoms with Crippen molar-refractivity contribution in [3.8, 4) is 0 Å². The van der Waals surface area contributed by atoms with E-state index in [1.165, 1.54) is 103 Å². The Morgan fingerprint density at radius 1 is 0.545 bits per heavy atom. The maximum absolute atomic E-state index is 12.6. The van der Waals surface area contributed by atoms with Crippen LogP contribution in [0.5, 0.6) is 0 Å². The molecule has 0 saturated carbocycles. The van der Waals surface area contributed by atoms with Gasteiger partial charge in [-0.15, -0.1) is 0 Å². The minimum absolute atomic E-state index is 0.180. The lowest BCUT2D eigenvalue weighted by atomic mass is 10.1. The van der Waals surface area contributed by atoms with Gasteiger partial charge in [-0.25, -0.2) is 4.57 Å². The van der Waals surface area contributed by atoms with Gasteiger partial charge in [0, 0.05) is 12.8 Å². The summed E-state index contributed by atoms with van der Waals surface area (Å²) in [6, 6.07) is 0. The van der Waals surface area contributed by atoms with Gasteiger partial charge in [-0.1, -0.05) is 153 Å². The van der Waals surface area contributed by atoms with Crippen LogP contribution in [0.4, 0.5) is 0 Å². The number of esters is 2. The molecule has 0 radical (unpaired) electrons. The first-order chi connectivity index (χ1) is 26.7. The number of aliphatic hydroxyl groups excluding tert-OH is 2. The summed E-state index contributed by atoms with van der Waals surface area (Å²) in [6.45, 7) is 2.32. The molecule has 0 bridgehead atoms. The summed E-state index contributed by atoms with van der Waals surface area (Å²) in [7, 11) is -4.62. The van der Waals surface area contributed by atoms with Gasteiger partial charge in [-0.2, -0.15) is 0 Å². The molecule has 0 aliphatic heterocycles. The standard InChI is InChI=1S/C44H81O10P/c1-3-5-7-9-11-13-15-17-19-20-22-23-25-27-29-31-33-35-43(47)51-39-42(40-53-55(49,50)52-38-41(46)37-45)54-44(48)36-34-32-30-28-26-24-21-18-16-14-12-10-8-6-4-2/h10-13,17,19,41-42,45-46H,3-9,14-16,18,20-40H2,1-2H3,(H,49,50)/b12-10+,13-11+,19-17+/t41-,42+/m0/s1. The molecular weight excluding hydrogens is 719 g/mol. The highest BCUT2D eigenvalue weighted by atomic mass is 31.2. The zero-order valence-corrected chi connectivity index (χ0v) is 35.8. The summed E-state index contributed by atoms with van der Waals surface area (Å²) in [4.78, 5) is 35.0. The topological polar surface area (TPSA) is 149 Å². The smallest absolute Gasteiger partial charge is 0.462 e. The van der Waals surface area contributed by atoms with Crippen molar-refractivity contribution in [3.63, 3.8) is 0 Å². The van der Waals surface area contributed by atoms with Gasteiger partial charge in [-0.3, -0.25) is 18.6 Å². The molecule has 0 heterocycles. The van der Waals surface area contributed by atoms with Crippen LogP contribution in [0, 0.1) is 0 Å². The molecule has 10 nitrogen and oxygen atoms in total. The van der Waals surface area contributed by atoms with Crippen molar-refractivity contribution in [1.29, 1.82) is 0 Å². The van der Waals surface area contributed by atoms with E-state index >= 15 is 0 Å². The van der Waals surface area contributed by atoms with Crippen LogP contribution in [-0.2, 0) is 32.7 Å². The van der Waals surface area contributed by atoms with Gasteiger partial charge in [0.2, 0.25) is 0 Å². The van der Waals surface area contributed by atoms with Gasteiger partial charge in [0.15, 0.2) is 6.10 Å². The molecule has 0 aliphatic rings. The quantitative estimate of drug-likeness (QED) is 0.0236. The van der Waals surface area contributed by atoms with E-state index in [9.17, 15) is 24.2 Å². The zero-order chi connectivity index (χ0) is 40.5. The maximum atomic E-state index is 12.6. The number of hydrogen-bond donors (Lipinski definition) is 3. The van der Waals surface area contributed by atoms with Crippen LogP contribution in [-0.4, -0.2) is 65.7 Å². The van der Waals surface area contributed by atoms with Crippen LogP contribution >= 0.6 is 7.82 Å². The highest BCUT2D eigenvalue weighted by Crippen LogP contribution is 2.43. The summed E-state index contributed by atoms with van der Waals surface area (Å²) >= 11 is 0. The van der Waals surface area contributed by atoms with E-state index in [2.05, 4.69) is 54.8 Å². The van der Waals surface area contributed by atoms with E-state index in [4.69, 9.17) is 19.1 Å². The molecule has 1 unspecified atom stereocenters. The number of carbonyl (C=O) groups is 2.